The fourth-order valence-electron chi connectivity index (χ4n) is 3.66. The van der Waals surface area contributed by atoms with Gasteiger partial charge in [0.15, 0.2) is 5.76 Å². The molecule has 0 unspecified atom stereocenters. The van der Waals surface area contributed by atoms with Crippen LogP contribution in [0.3, 0.4) is 0 Å². The van der Waals surface area contributed by atoms with Crippen molar-refractivity contribution >= 4 is 28.0 Å². The third-order valence-electron chi connectivity index (χ3n) is 5.21. The van der Waals surface area contributed by atoms with Crippen LogP contribution < -0.4 is 5.43 Å². The van der Waals surface area contributed by atoms with Crippen LogP contribution in [0.2, 0.25) is 0 Å². The molecule has 0 N–H and O–H groups in total. The van der Waals surface area contributed by atoms with Crippen LogP contribution >= 0.6 is 0 Å². The van der Waals surface area contributed by atoms with Crippen molar-refractivity contribution in [3.05, 3.63) is 118 Å². The zero-order valence-electron chi connectivity index (χ0n) is 16.7. The molecule has 31 heavy (non-hydrogen) atoms. The average Bonchev–Trinajstić information content (AvgIpc) is 3.24. The molecule has 2 aromatic heterocycles. The smallest absolute Gasteiger partial charge is 0.302 e. The molecule has 0 aliphatic heterocycles. The van der Waals surface area contributed by atoms with E-state index in [1.54, 1.807) is 29.2 Å². The molecule has 0 saturated heterocycles. The average molecular weight is 409 g/mol. The SMILES string of the molecule is O=C(c1cc2c(=O)c3ccccc3oc2o1)N(Cc1ccccc1)Cc1ccccc1. The summed E-state index contributed by atoms with van der Waals surface area (Å²) < 4.78 is 11.5. The molecule has 0 radical (unpaired) electrons. The molecule has 152 valence electrons. The predicted octanol–water partition coefficient (Wildman–Crippen LogP) is 5.38. The van der Waals surface area contributed by atoms with Gasteiger partial charge in [0.2, 0.25) is 5.43 Å². The molecule has 0 bridgehead atoms. The molecule has 5 nitrogen and oxygen atoms in total. The number of furan rings is 1. The van der Waals surface area contributed by atoms with Gasteiger partial charge in [0.1, 0.15) is 11.0 Å². The van der Waals surface area contributed by atoms with Gasteiger partial charge in [0.05, 0.1) is 5.39 Å². The van der Waals surface area contributed by atoms with Crippen LogP contribution in [0.25, 0.3) is 22.1 Å². The third-order valence-corrected chi connectivity index (χ3v) is 5.21. The first-order valence-electron chi connectivity index (χ1n) is 10.0. The van der Waals surface area contributed by atoms with Crippen LogP contribution in [0.1, 0.15) is 21.7 Å². The van der Waals surface area contributed by atoms with Crippen molar-refractivity contribution in [3.8, 4) is 0 Å². The molecule has 5 rings (SSSR count). The monoisotopic (exact) mass is 409 g/mol. The maximum Gasteiger partial charge on any atom is 0.302 e. The second-order valence-corrected chi connectivity index (χ2v) is 7.37. The summed E-state index contributed by atoms with van der Waals surface area (Å²) in [5.74, 6) is -0.160. The Hall–Kier alpha value is -4.12. The Labute approximate surface area is 178 Å². The van der Waals surface area contributed by atoms with Gasteiger partial charge in [-0.3, -0.25) is 9.59 Å². The van der Waals surface area contributed by atoms with Crippen molar-refractivity contribution in [1.29, 1.82) is 0 Å². The minimum absolute atomic E-state index is 0.0615. The summed E-state index contributed by atoms with van der Waals surface area (Å²) in [5.41, 5.74) is 2.22. The van der Waals surface area contributed by atoms with E-state index in [2.05, 4.69) is 0 Å². The Morgan fingerprint density at radius 2 is 1.29 bits per heavy atom. The molecule has 2 heterocycles. The van der Waals surface area contributed by atoms with Crippen LogP contribution in [0, 0.1) is 0 Å². The van der Waals surface area contributed by atoms with Crippen LogP contribution in [-0.2, 0) is 13.1 Å². The predicted molar refractivity (Wildman–Crippen MR) is 119 cm³/mol. The first-order valence-corrected chi connectivity index (χ1v) is 10.0. The Balaban J connectivity index is 1.54. The van der Waals surface area contributed by atoms with Crippen molar-refractivity contribution < 1.29 is 13.6 Å². The first-order chi connectivity index (χ1) is 15.2. The fourth-order valence-corrected chi connectivity index (χ4v) is 3.66. The lowest BCUT2D eigenvalue weighted by Gasteiger charge is -2.22. The summed E-state index contributed by atoms with van der Waals surface area (Å²) in [4.78, 5) is 27.9. The zero-order valence-corrected chi connectivity index (χ0v) is 16.7. The van der Waals surface area contributed by atoms with Crippen LogP contribution in [-0.4, -0.2) is 10.8 Å². The molecular formula is C26H19NO4. The molecule has 0 saturated carbocycles. The highest BCUT2D eigenvalue weighted by molar-refractivity contribution is 5.97. The quantitative estimate of drug-likeness (QED) is 0.391. The number of hydrogen-bond donors (Lipinski definition) is 0. The maximum atomic E-state index is 13.4. The highest BCUT2D eigenvalue weighted by Gasteiger charge is 2.23. The van der Waals surface area contributed by atoms with Crippen molar-refractivity contribution in [1.82, 2.24) is 4.90 Å². The van der Waals surface area contributed by atoms with Crippen molar-refractivity contribution in [2.75, 3.05) is 0 Å². The topological polar surface area (TPSA) is 63.7 Å². The Morgan fingerprint density at radius 3 is 1.94 bits per heavy atom. The van der Waals surface area contributed by atoms with E-state index >= 15 is 0 Å². The molecule has 5 aromatic rings. The van der Waals surface area contributed by atoms with Gasteiger partial charge in [-0.05, 0) is 23.3 Å². The molecule has 5 heteroatoms. The summed E-state index contributed by atoms with van der Waals surface area (Å²) in [7, 11) is 0. The molecule has 0 fully saturated rings. The maximum absolute atomic E-state index is 13.4. The molecule has 0 aliphatic rings. The number of fused-ring (bicyclic) bond motifs is 2. The molecule has 3 aromatic carbocycles. The number of benzene rings is 3. The van der Waals surface area contributed by atoms with Gasteiger partial charge in [-0.1, -0.05) is 72.8 Å². The second kappa shape index (κ2) is 7.95. The lowest BCUT2D eigenvalue weighted by molar-refractivity contribution is 0.0698. The van der Waals surface area contributed by atoms with E-state index < -0.39 is 0 Å². The summed E-state index contributed by atoms with van der Waals surface area (Å²) in [6.45, 7) is 0.823. The van der Waals surface area contributed by atoms with Crippen molar-refractivity contribution in [3.63, 3.8) is 0 Å². The standard InChI is InChI=1S/C26H19NO4/c28-24-20-13-7-8-14-22(20)30-26-21(24)15-23(31-26)25(29)27(16-18-9-3-1-4-10-18)17-19-11-5-2-6-12-19/h1-15H,16-17H2. The van der Waals surface area contributed by atoms with E-state index in [1.807, 2.05) is 60.7 Å². The van der Waals surface area contributed by atoms with E-state index in [1.165, 1.54) is 6.07 Å². The second-order valence-electron chi connectivity index (χ2n) is 7.37. The number of carbonyl (C=O) groups excluding carboxylic acids is 1. The number of rotatable bonds is 5. The fraction of sp³-hybridized carbons (Fsp3) is 0.0769. The molecule has 1 amide bonds. The summed E-state index contributed by atoms with van der Waals surface area (Å²) in [5, 5.41) is 0.724. The normalized spacial score (nSPS) is 11.1. The van der Waals surface area contributed by atoms with E-state index in [-0.39, 0.29) is 28.3 Å². The largest absolute Gasteiger partial charge is 0.425 e. The van der Waals surface area contributed by atoms with Gasteiger partial charge in [0, 0.05) is 19.2 Å². The summed E-state index contributed by atoms with van der Waals surface area (Å²) >= 11 is 0. The van der Waals surface area contributed by atoms with Gasteiger partial charge in [-0.25, -0.2) is 0 Å². The highest BCUT2D eigenvalue weighted by Crippen LogP contribution is 2.23. The molecule has 0 spiro atoms. The number of hydrogen-bond acceptors (Lipinski definition) is 4. The van der Waals surface area contributed by atoms with E-state index in [0.717, 1.165) is 11.1 Å². The van der Waals surface area contributed by atoms with Crippen molar-refractivity contribution in [2.24, 2.45) is 0 Å². The number of nitrogens with zero attached hydrogens (tertiary/aromatic N) is 1. The van der Waals surface area contributed by atoms with E-state index in [4.69, 9.17) is 8.83 Å². The Bertz CT molecular complexity index is 1380. The van der Waals surface area contributed by atoms with E-state index in [9.17, 15) is 9.59 Å². The summed E-state index contributed by atoms with van der Waals surface area (Å²) in [6.07, 6.45) is 0. The highest BCUT2D eigenvalue weighted by atomic mass is 16.5. The van der Waals surface area contributed by atoms with Crippen LogP contribution in [0.5, 0.6) is 0 Å². The molecular weight excluding hydrogens is 390 g/mol. The minimum Gasteiger partial charge on any atom is -0.425 e. The number of carbonyl (C=O) groups is 1. The zero-order chi connectivity index (χ0) is 21.2. The van der Waals surface area contributed by atoms with Gasteiger partial charge in [0.25, 0.3) is 5.91 Å². The number of para-hydroxylation sites is 1. The van der Waals surface area contributed by atoms with Gasteiger partial charge in [-0.2, -0.15) is 0 Å². The Kier molecular flexibility index (Phi) is 4.84. The Morgan fingerprint density at radius 1 is 0.710 bits per heavy atom. The summed E-state index contributed by atoms with van der Waals surface area (Å²) in [6, 6.07) is 28.0. The third kappa shape index (κ3) is 3.73. The lowest BCUT2D eigenvalue weighted by Crippen LogP contribution is -2.29. The van der Waals surface area contributed by atoms with E-state index in [0.29, 0.717) is 24.1 Å². The number of amides is 1. The van der Waals surface area contributed by atoms with Crippen LogP contribution in [0.15, 0.2) is 105 Å². The van der Waals surface area contributed by atoms with Gasteiger partial charge >= 0.3 is 5.78 Å². The minimum atomic E-state index is -0.303. The van der Waals surface area contributed by atoms with Crippen LogP contribution in [0.4, 0.5) is 0 Å². The van der Waals surface area contributed by atoms with Gasteiger partial charge in [-0.15, -0.1) is 0 Å². The lowest BCUT2D eigenvalue weighted by atomic mass is 10.1. The molecule has 0 atom stereocenters. The molecule has 0 aliphatic carbocycles. The first kappa shape index (κ1) is 18.9. The van der Waals surface area contributed by atoms with Crippen molar-refractivity contribution in [2.45, 2.75) is 13.1 Å². The van der Waals surface area contributed by atoms with Gasteiger partial charge < -0.3 is 13.7 Å².